The van der Waals surface area contributed by atoms with Gasteiger partial charge in [0.1, 0.15) is 0 Å². The predicted molar refractivity (Wildman–Crippen MR) is 128 cm³/mol. The van der Waals surface area contributed by atoms with Crippen molar-refractivity contribution in [1.29, 1.82) is 0 Å². The van der Waals surface area contributed by atoms with Crippen LogP contribution in [0.3, 0.4) is 0 Å². The van der Waals surface area contributed by atoms with Crippen molar-refractivity contribution >= 4 is 29.1 Å². The maximum absolute atomic E-state index is 12.7. The number of hydrogen-bond donors (Lipinski definition) is 2. The van der Waals surface area contributed by atoms with Crippen LogP contribution in [0.25, 0.3) is 5.69 Å². The lowest BCUT2D eigenvalue weighted by Crippen LogP contribution is -2.24. The Morgan fingerprint density at radius 1 is 0.939 bits per heavy atom. The summed E-state index contributed by atoms with van der Waals surface area (Å²) in [6, 6.07) is 21.8. The molecule has 0 atom stereocenters. The molecule has 166 valence electrons. The number of aromatic nitrogens is 3. The van der Waals surface area contributed by atoms with Gasteiger partial charge in [0, 0.05) is 22.8 Å². The summed E-state index contributed by atoms with van der Waals surface area (Å²) in [5.74, 6) is -0.528. The Labute approximate surface area is 196 Å². The van der Waals surface area contributed by atoms with Gasteiger partial charge in [0.2, 0.25) is 0 Å². The van der Waals surface area contributed by atoms with Gasteiger partial charge in [-0.1, -0.05) is 52.7 Å². The third-order valence-corrected chi connectivity index (χ3v) is 5.35. The summed E-state index contributed by atoms with van der Waals surface area (Å²) in [6.45, 7) is 4.02. The number of rotatable bonds is 6. The van der Waals surface area contributed by atoms with Crippen molar-refractivity contribution in [3.05, 3.63) is 106 Å². The highest BCUT2D eigenvalue weighted by Gasteiger charge is 2.17. The lowest BCUT2D eigenvalue weighted by molar-refractivity contribution is 0.0944. The van der Waals surface area contributed by atoms with Crippen LogP contribution < -0.4 is 10.6 Å². The molecule has 0 radical (unpaired) electrons. The minimum absolute atomic E-state index is 0.190. The average Bonchev–Trinajstić information content (AvgIpc) is 3.19. The standard InChI is InChI=1S/C25H22ClN5O2/c1-16-9-11-19(12-10-16)24(32)28-21-7-3-5-18(13-21)15-27-25(33)23-17(2)31(30-29-23)22-8-4-6-20(26)14-22/h3-14H,15H2,1-2H3,(H,27,33)(H,28,32). The molecule has 4 rings (SSSR count). The van der Waals surface area contributed by atoms with Gasteiger partial charge in [0.15, 0.2) is 5.69 Å². The molecular weight excluding hydrogens is 438 g/mol. The third-order valence-electron chi connectivity index (χ3n) is 5.11. The molecule has 7 nitrogen and oxygen atoms in total. The number of halogens is 1. The number of hydrogen-bond acceptors (Lipinski definition) is 4. The molecule has 0 saturated carbocycles. The van der Waals surface area contributed by atoms with Crippen LogP contribution in [-0.2, 0) is 6.54 Å². The average molecular weight is 460 g/mol. The zero-order valence-electron chi connectivity index (χ0n) is 18.2. The second kappa shape index (κ2) is 9.67. The van der Waals surface area contributed by atoms with E-state index in [1.807, 2.05) is 49.4 Å². The van der Waals surface area contributed by atoms with Crippen LogP contribution in [0.1, 0.15) is 37.7 Å². The Morgan fingerprint density at radius 2 is 1.70 bits per heavy atom. The highest BCUT2D eigenvalue weighted by atomic mass is 35.5. The topological polar surface area (TPSA) is 88.9 Å². The van der Waals surface area contributed by atoms with Crippen LogP contribution in [-0.4, -0.2) is 26.8 Å². The van der Waals surface area contributed by atoms with E-state index < -0.39 is 0 Å². The van der Waals surface area contributed by atoms with Crippen molar-refractivity contribution in [2.24, 2.45) is 0 Å². The Hall–Kier alpha value is -3.97. The monoisotopic (exact) mass is 459 g/mol. The Balaban J connectivity index is 1.41. The minimum atomic E-state index is -0.338. The molecule has 0 aliphatic heterocycles. The fourth-order valence-electron chi connectivity index (χ4n) is 3.33. The lowest BCUT2D eigenvalue weighted by atomic mass is 10.1. The number of carbonyl (C=O) groups is 2. The first kappa shape index (κ1) is 22.2. The molecule has 0 bridgehead atoms. The van der Waals surface area contributed by atoms with Crippen molar-refractivity contribution in [1.82, 2.24) is 20.3 Å². The zero-order valence-corrected chi connectivity index (χ0v) is 18.9. The third kappa shape index (κ3) is 5.27. The quantitative estimate of drug-likeness (QED) is 0.436. The number of nitrogens with zero attached hydrogens (tertiary/aromatic N) is 3. The summed E-state index contributed by atoms with van der Waals surface area (Å²) in [6.07, 6.45) is 0. The molecule has 33 heavy (non-hydrogen) atoms. The van der Waals surface area contributed by atoms with Crippen LogP contribution in [0.4, 0.5) is 5.69 Å². The minimum Gasteiger partial charge on any atom is -0.347 e. The summed E-state index contributed by atoms with van der Waals surface area (Å²) in [5, 5.41) is 14.4. The molecule has 0 unspecified atom stereocenters. The van der Waals surface area contributed by atoms with Crippen LogP contribution in [0.2, 0.25) is 5.02 Å². The summed E-state index contributed by atoms with van der Waals surface area (Å²) >= 11 is 6.05. The van der Waals surface area contributed by atoms with Gasteiger partial charge in [-0.15, -0.1) is 5.10 Å². The van der Waals surface area contributed by atoms with Gasteiger partial charge in [-0.3, -0.25) is 9.59 Å². The van der Waals surface area contributed by atoms with E-state index in [0.29, 0.717) is 22.0 Å². The number of benzene rings is 3. The number of carbonyl (C=O) groups excluding carboxylic acids is 2. The van der Waals surface area contributed by atoms with E-state index in [-0.39, 0.29) is 24.1 Å². The van der Waals surface area contributed by atoms with E-state index in [1.165, 1.54) is 0 Å². The van der Waals surface area contributed by atoms with Crippen LogP contribution in [0.15, 0.2) is 72.8 Å². The van der Waals surface area contributed by atoms with Crippen molar-refractivity contribution in [2.45, 2.75) is 20.4 Å². The molecule has 0 fully saturated rings. The van der Waals surface area contributed by atoms with Gasteiger partial charge >= 0.3 is 0 Å². The maximum Gasteiger partial charge on any atom is 0.274 e. The summed E-state index contributed by atoms with van der Waals surface area (Å²) in [7, 11) is 0. The normalized spacial score (nSPS) is 10.6. The van der Waals surface area contributed by atoms with Gasteiger partial charge in [-0.2, -0.15) is 0 Å². The first-order valence-electron chi connectivity index (χ1n) is 10.3. The van der Waals surface area contributed by atoms with Crippen molar-refractivity contribution < 1.29 is 9.59 Å². The van der Waals surface area contributed by atoms with E-state index in [0.717, 1.165) is 16.8 Å². The summed E-state index contributed by atoms with van der Waals surface area (Å²) < 4.78 is 1.57. The van der Waals surface area contributed by atoms with Gasteiger partial charge in [-0.05, 0) is 61.9 Å². The first-order chi connectivity index (χ1) is 15.9. The second-order valence-electron chi connectivity index (χ2n) is 7.62. The highest BCUT2D eigenvalue weighted by molar-refractivity contribution is 6.30. The molecule has 0 aliphatic carbocycles. The molecule has 4 aromatic rings. The first-order valence-corrected chi connectivity index (χ1v) is 10.7. The molecule has 0 aliphatic rings. The van der Waals surface area contributed by atoms with E-state index >= 15 is 0 Å². The summed E-state index contributed by atoms with van der Waals surface area (Å²) in [4.78, 5) is 25.2. The van der Waals surface area contributed by atoms with E-state index in [4.69, 9.17) is 11.6 Å². The van der Waals surface area contributed by atoms with Gasteiger partial charge < -0.3 is 10.6 Å². The van der Waals surface area contributed by atoms with E-state index in [1.54, 1.807) is 41.9 Å². The number of nitrogens with one attached hydrogen (secondary N) is 2. The Bertz CT molecular complexity index is 1310. The highest BCUT2D eigenvalue weighted by Crippen LogP contribution is 2.17. The largest absolute Gasteiger partial charge is 0.347 e. The molecule has 1 heterocycles. The summed E-state index contributed by atoms with van der Waals surface area (Å²) in [5.41, 5.74) is 4.72. The molecular formula is C25H22ClN5O2. The van der Waals surface area contributed by atoms with Crippen LogP contribution in [0.5, 0.6) is 0 Å². The van der Waals surface area contributed by atoms with E-state index in [2.05, 4.69) is 20.9 Å². The molecule has 0 saturated heterocycles. The predicted octanol–water partition coefficient (Wildman–Crippen LogP) is 4.72. The lowest BCUT2D eigenvalue weighted by Gasteiger charge is -2.09. The van der Waals surface area contributed by atoms with Crippen molar-refractivity contribution in [3.63, 3.8) is 0 Å². The Morgan fingerprint density at radius 3 is 2.45 bits per heavy atom. The molecule has 1 aromatic heterocycles. The Kier molecular flexibility index (Phi) is 6.51. The smallest absolute Gasteiger partial charge is 0.274 e. The zero-order chi connectivity index (χ0) is 23.4. The molecule has 0 spiro atoms. The van der Waals surface area contributed by atoms with E-state index in [9.17, 15) is 9.59 Å². The molecule has 2 amide bonds. The number of anilines is 1. The van der Waals surface area contributed by atoms with Gasteiger partial charge in [0.25, 0.3) is 11.8 Å². The SMILES string of the molecule is Cc1ccc(C(=O)Nc2cccc(CNC(=O)c3nnn(-c4cccc(Cl)c4)c3C)c2)cc1. The fraction of sp³-hybridized carbons (Fsp3) is 0.120. The van der Waals surface area contributed by atoms with Crippen LogP contribution in [0, 0.1) is 13.8 Å². The second-order valence-corrected chi connectivity index (χ2v) is 8.05. The van der Waals surface area contributed by atoms with Crippen molar-refractivity contribution in [2.75, 3.05) is 5.32 Å². The molecule has 8 heteroatoms. The van der Waals surface area contributed by atoms with Crippen LogP contribution >= 0.6 is 11.6 Å². The maximum atomic E-state index is 12.7. The number of amides is 2. The van der Waals surface area contributed by atoms with Gasteiger partial charge in [-0.25, -0.2) is 4.68 Å². The van der Waals surface area contributed by atoms with Gasteiger partial charge in [0.05, 0.1) is 11.4 Å². The molecule has 2 N–H and O–H groups in total. The fourth-order valence-corrected chi connectivity index (χ4v) is 3.51. The molecule has 3 aromatic carbocycles. The number of aryl methyl sites for hydroxylation is 1. The van der Waals surface area contributed by atoms with Crippen molar-refractivity contribution in [3.8, 4) is 5.69 Å².